The summed E-state index contributed by atoms with van der Waals surface area (Å²) in [5.74, 6) is 0.686. The molecule has 134 valence electrons. The fraction of sp³-hybridized carbons (Fsp3) is 0.200. The number of amides is 1. The Morgan fingerprint density at radius 3 is 2.73 bits per heavy atom. The topological polar surface area (TPSA) is 29.5 Å². The van der Waals surface area contributed by atoms with Crippen LogP contribution in [0.2, 0.25) is 0 Å². The van der Waals surface area contributed by atoms with Crippen LogP contribution in [-0.4, -0.2) is 21.7 Å². The lowest BCUT2D eigenvalue weighted by Crippen LogP contribution is -2.27. The normalized spacial score (nSPS) is 15.8. The van der Waals surface area contributed by atoms with Gasteiger partial charge in [0.2, 0.25) is 0 Å². The summed E-state index contributed by atoms with van der Waals surface area (Å²) in [7, 11) is 0. The molecule has 1 amide bonds. The molecule has 0 aliphatic carbocycles. The summed E-state index contributed by atoms with van der Waals surface area (Å²) < 4.78 is 7.58. The molecule has 3 rings (SSSR count). The highest BCUT2D eigenvalue weighted by molar-refractivity contribution is 9.10. The van der Waals surface area contributed by atoms with Crippen LogP contribution in [0.25, 0.3) is 6.08 Å². The smallest absolute Gasteiger partial charge is 0.266 e. The molecule has 0 bridgehead atoms. The molecule has 0 unspecified atom stereocenters. The highest BCUT2D eigenvalue weighted by atomic mass is 79.9. The summed E-state index contributed by atoms with van der Waals surface area (Å²) in [4.78, 5) is 14.7. The van der Waals surface area contributed by atoms with Crippen LogP contribution < -0.4 is 4.74 Å². The predicted octanol–water partition coefficient (Wildman–Crippen LogP) is 5.56. The molecule has 0 aromatic heterocycles. The highest BCUT2D eigenvalue weighted by Crippen LogP contribution is 2.35. The Kier molecular flexibility index (Phi) is 6.16. The molecule has 0 atom stereocenters. The number of aryl methyl sites for hydroxylation is 1. The number of carbonyl (C=O) groups excluding carboxylic acids is 1. The monoisotopic (exact) mass is 447 g/mol. The lowest BCUT2D eigenvalue weighted by Gasteiger charge is -2.12. The zero-order chi connectivity index (χ0) is 18.7. The van der Waals surface area contributed by atoms with Crippen molar-refractivity contribution in [2.75, 3.05) is 6.54 Å². The van der Waals surface area contributed by atoms with Crippen molar-refractivity contribution in [3.8, 4) is 5.75 Å². The number of carbonyl (C=O) groups is 1. The summed E-state index contributed by atoms with van der Waals surface area (Å²) in [6, 6.07) is 13.9. The van der Waals surface area contributed by atoms with E-state index in [1.807, 2.05) is 43.3 Å². The highest BCUT2D eigenvalue weighted by Gasteiger charge is 2.30. The van der Waals surface area contributed by atoms with Gasteiger partial charge in [0.15, 0.2) is 0 Å². The van der Waals surface area contributed by atoms with Gasteiger partial charge in [-0.1, -0.05) is 64.2 Å². The Hall–Kier alpha value is -1.63. The Morgan fingerprint density at radius 1 is 1.27 bits per heavy atom. The number of thiocarbonyl (C=S) groups is 1. The zero-order valence-corrected chi connectivity index (χ0v) is 17.7. The number of hydrogen-bond donors (Lipinski definition) is 0. The molecule has 0 N–H and O–H groups in total. The van der Waals surface area contributed by atoms with E-state index in [-0.39, 0.29) is 5.91 Å². The molecular formula is C20H18BrNO2S2. The number of nitrogens with zero attached hydrogens (tertiary/aromatic N) is 1. The molecule has 2 aromatic rings. The second-order valence-electron chi connectivity index (χ2n) is 5.82. The van der Waals surface area contributed by atoms with E-state index in [2.05, 4.69) is 35.0 Å². The van der Waals surface area contributed by atoms with Crippen molar-refractivity contribution in [3.63, 3.8) is 0 Å². The van der Waals surface area contributed by atoms with Crippen LogP contribution in [0.15, 0.2) is 51.8 Å². The fourth-order valence-corrected chi connectivity index (χ4v) is 4.36. The van der Waals surface area contributed by atoms with Gasteiger partial charge in [-0.2, -0.15) is 0 Å². The SMILES string of the molecule is CCN1C(=O)/C(=C/c2cc(Br)ccc2OCc2ccccc2C)SC1=S. The van der Waals surface area contributed by atoms with Gasteiger partial charge in [0.1, 0.15) is 16.7 Å². The third-order valence-electron chi connectivity index (χ3n) is 4.09. The first-order valence-corrected chi connectivity index (χ1v) is 10.2. The van der Waals surface area contributed by atoms with E-state index in [4.69, 9.17) is 17.0 Å². The molecule has 2 aromatic carbocycles. The van der Waals surface area contributed by atoms with Crippen LogP contribution in [0.1, 0.15) is 23.6 Å². The summed E-state index contributed by atoms with van der Waals surface area (Å²) in [6.45, 7) is 5.04. The summed E-state index contributed by atoms with van der Waals surface area (Å²) in [5, 5.41) is 0. The van der Waals surface area contributed by atoms with Crippen molar-refractivity contribution >= 4 is 56.2 Å². The summed E-state index contributed by atoms with van der Waals surface area (Å²) in [6.07, 6.45) is 1.85. The molecule has 26 heavy (non-hydrogen) atoms. The van der Waals surface area contributed by atoms with Crippen molar-refractivity contribution in [1.29, 1.82) is 0 Å². The van der Waals surface area contributed by atoms with Gasteiger partial charge in [-0.25, -0.2) is 0 Å². The molecule has 0 saturated carbocycles. The van der Waals surface area contributed by atoms with Crippen LogP contribution in [0.3, 0.4) is 0 Å². The maximum absolute atomic E-state index is 12.5. The first-order chi connectivity index (χ1) is 12.5. The Morgan fingerprint density at radius 2 is 2.04 bits per heavy atom. The van der Waals surface area contributed by atoms with Gasteiger partial charge < -0.3 is 4.74 Å². The summed E-state index contributed by atoms with van der Waals surface area (Å²) in [5.41, 5.74) is 3.18. The van der Waals surface area contributed by atoms with Crippen LogP contribution in [0.4, 0.5) is 0 Å². The fourth-order valence-electron chi connectivity index (χ4n) is 2.60. The number of likely N-dealkylation sites (N-methyl/N-ethyl adjacent to an activating group) is 1. The van der Waals surface area contributed by atoms with Crippen molar-refractivity contribution < 1.29 is 9.53 Å². The van der Waals surface area contributed by atoms with E-state index in [1.54, 1.807) is 4.90 Å². The molecule has 0 spiro atoms. The standard InChI is InChI=1S/C20H18BrNO2S2/c1-3-22-19(23)18(26-20(22)25)11-15-10-16(21)8-9-17(15)24-12-14-7-5-4-6-13(14)2/h4-11H,3,12H2,1-2H3/b18-11-. The lowest BCUT2D eigenvalue weighted by molar-refractivity contribution is -0.121. The molecule has 6 heteroatoms. The molecule has 3 nitrogen and oxygen atoms in total. The van der Waals surface area contributed by atoms with E-state index < -0.39 is 0 Å². The average Bonchev–Trinajstić information content (AvgIpc) is 2.88. The number of rotatable bonds is 5. The lowest BCUT2D eigenvalue weighted by atomic mass is 10.1. The van der Waals surface area contributed by atoms with E-state index >= 15 is 0 Å². The maximum atomic E-state index is 12.5. The molecule has 0 radical (unpaired) electrons. The minimum atomic E-state index is -0.0488. The van der Waals surface area contributed by atoms with E-state index in [1.165, 1.54) is 17.3 Å². The van der Waals surface area contributed by atoms with E-state index in [0.717, 1.165) is 21.3 Å². The van der Waals surface area contributed by atoms with Crippen LogP contribution in [0, 0.1) is 6.92 Å². The average molecular weight is 448 g/mol. The number of benzene rings is 2. The van der Waals surface area contributed by atoms with Crippen molar-refractivity contribution in [1.82, 2.24) is 4.90 Å². The zero-order valence-electron chi connectivity index (χ0n) is 14.5. The number of halogens is 1. The van der Waals surface area contributed by atoms with E-state index in [9.17, 15) is 4.79 Å². The van der Waals surface area contributed by atoms with Gasteiger partial charge in [0.25, 0.3) is 5.91 Å². The largest absolute Gasteiger partial charge is 0.488 e. The second kappa shape index (κ2) is 8.37. The van der Waals surface area contributed by atoms with Crippen LogP contribution in [0.5, 0.6) is 5.75 Å². The van der Waals surface area contributed by atoms with Crippen molar-refractivity contribution in [2.24, 2.45) is 0 Å². The Bertz CT molecular complexity index is 895. The van der Waals surface area contributed by atoms with Gasteiger partial charge in [-0.05, 0) is 49.2 Å². The Balaban J connectivity index is 1.87. The number of thioether (sulfide) groups is 1. The molecule has 1 aliphatic heterocycles. The molecule has 1 aliphatic rings. The predicted molar refractivity (Wildman–Crippen MR) is 115 cm³/mol. The third-order valence-corrected chi connectivity index (χ3v) is 5.96. The molecule has 1 heterocycles. The van der Waals surface area contributed by atoms with Crippen LogP contribution in [-0.2, 0) is 11.4 Å². The quantitative estimate of drug-likeness (QED) is 0.443. The third kappa shape index (κ3) is 4.19. The molecule has 1 fully saturated rings. The van der Waals surface area contributed by atoms with E-state index in [0.29, 0.717) is 22.4 Å². The number of ether oxygens (including phenoxy) is 1. The Labute approximate surface area is 171 Å². The van der Waals surface area contributed by atoms with Gasteiger partial charge >= 0.3 is 0 Å². The first-order valence-electron chi connectivity index (χ1n) is 8.22. The van der Waals surface area contributed by atoms with Gasteiger partial charge in [0.05, 0.1) is 4.91 Å². The van der Waals surface area contributed by atoms with Crippen molar-refractivity contribution in [3.05, 3.63) is 68.5 Å². The van der Waals surface area contributed by atoms with Gasteiger partial charge in [0, 0.05) is 16.6 Å². The number of hydrogen-bond acceptors (Lipinski definition) is 4. The van der Waals surface area contributed by atoms with Crippen LogP contribution >= 0.6 is 39.9 Å². The minimum Gasteiger partial charge on any atom is -0.488 e. The second-order valence-corrected chi connectivity index (χ2v) is 8.41. The first kappa shape index (κ1) is 19.1. The molecule has 1 saturated heterocycles. The summed E-state index contributed by atoms with van der Waals surface area (Å²) >= 11 is 10.1. The van der Waals surface area contributed by atoms with Gasteiger partial charge in [-0.15, -0.1) is 0 Å². The van der Waals surface area contributed by atoms with Gasteiger partial charge in [-0.3, -0.25) is 9.69 Å². The molecular weight excluding hydrogens is 430 g/mol. The van der Waals surface area contributed by atoms with Crippen molar-refractivity contribution in [2.45, 2.75) is 20.5 Å². The minimum absolute atomic E-state index is 0.0488. The maximum Gasteiger partial charge on any atom is 0.266 e.